The molecule has 0 spiro atoms. The van der Waals surface area contributed by atoms with Gasteiger partial charge >= 0.3 is 6.36 Å². The van der Waals surface area contributed by atoms with Crippen LogP contribution in [-0.4, -0.2) is 54.2 Å². The molecular weight excluding hydrogens is 457 g/mol. The smallest absolute Gasteiger partial charge is 0.406 e. The number of halogens is 3. The fraction of sp³-hybridized carbons (Fsp3) is 0.364. The van der Waals surface area contributed by atoms with Gasteiger partial charge in [-0.1, -0.05) is 12.1 Å². The van der Waals surface area contributed by atoms with Crippen molar-refractivity contribution in [1.29, 1.82) is 0 Å². The number of ether oxygens (including phenoxy) is 1. The molecule has 1 aliphatic rings. The van der Waals surface area contributed by atoms with E-state index in [4.69, 9.17) is 0 Å². The number of amides is 2. The molecule has 1 aliphatic heterocycles. The minimum absolute atomic E-state index is 0.0576. The minimum atomic E-state index is -4.80. The second-order valence-electron chi connectivity index (χ2n) is 7.77. The topological polar surface area (TPSA) is 105 Å². The van der Waals surface area contributed by atoms with E-state index in [9.17, 15) is 32.9 Å². The maximum Gasteiger partial charge on any atom is 0.573 e. The number of nitro benzene ring substituents is 1. The van der Waals surface area contributed by atoms with Crippen LogP contribution in [-0.2, 0) is 4.79 Å². The lowest BCUT2D eigenvalue weighted by molar-refractivity contribution is -0.384. The molecule has 0 aromatic heterocycles. The van der Waals surface area contributed by atoms with E-state index in [1.54, 1.807) is 16.7 Å². The SMILES string of the molecule is CC(=O)N1CCN(c2ccc(C(=O)NC(C)c3ccc(OC(F)(F)F)cc3)cc2[N+](=O)[O-])CC1. The molecule has 0 aliphatic carbocycles. The maximum absolute atomic E-state index is 12.7. The molecule has 0 saturated carbocycles. The molecule has 12 heteroatoms. The molecule has 0 bridgehead atoms. The Bertz CT molecular complexity index is 1070. The molecule has 1 unspecified atom stereocenters. The number of nitro groups is 1. The summed E-state index contributed by atoms with van der Waals surface area (Å²) in [4.78, 5) is 38.8. The quantitative estimate of drug-likeness (QED) is 0.500. The average molecular weight is 480 g/mol. The number of hydrogen-bond donors (Lipinski definition) is 1. The van der Waals surface area contributed by atoms with Crippen molar-refractivity contribution < 1.29 is 32.4 Å². The number of benzene rings is 2. The summed E-state index contributed by atoms with van der Waals surface area (Å²) in [6, 6.07) is 8.64. The molecule has 0 radical (unpaired) electrons. The van der Waals surface area contributed by atoms with Crippen molar-refractivity contribution in [2.24, 2.45) is 0 Å². The first kappa shape index (κ1) is 24.8. The first-order chi connectivity index (χ1) is 15.9. The standard InChI is InChI=1S/C22H23F3N4O5/c1-14(16-3-6-18(7-4-16)34-22(23,24)25)26-21(31)17-5-8-19(20(13-17)29(32)33)28-11-9-27(10-12-28)15(2)30/h3-8,13-14H,9-12H2,1-2H3,(H,26,31). The second kappa shape index (κ2) is 9.98. The lowest BCUT2D eigenvalue weighted by Gasteiger charge is -2.35. The summed E-state index contributed by atoms with van der Waals surface area (Å²) in [7, 11) is 0. The van der Waals surface area contributed by atoms with E-state index in [2.05, 4.69) is 10.1 Å². The van der Waals surface area contributed by atoms with Crippen LogP contribution in [0.4, 0.5) is 24.5 Å². The number of carbonyl (C=O) groups excluding carboxylic acids is 2. The van der Waals surface area contributed by atoms with Gasteiger partial charge in [-0.05, 0) is 36.8 Å². The van der Waals surface area contributed by atoms with Gasteiger partial charge in [0.15, 0.2) is 0 Å². The summed E-state index contributed by atoms with van der Waals surface area (Å²) >= 11 is 0. The molecule has 1 heterocycles. The van der Waals surface area contributed by atoms with Gasteiger partial charge in [-0.15, -0.1) is 13.2 Å². The molecule has 1 atom stereocenters. The number of piperazine rings is 1. The van der Waals surface area contributed by atoms with Gasteiger partial charge in [-0.25, -0.2) is 0 Å². The van der Waals surface area contributed by atoms with E-state index in [1.807, 2.05) is 0 Å². The van der Waals surface area contributed by atoms with E-state index >= 15 is 0 Å². The molecule has 182 valence electrons. The van der Waals surface area contributed by atoms with Gasteiger partial charge in [0.1, 0.15) is 11.4 Å². The molecule has 1 saturated heterocycles. The number of anilines is 1. The third-order valence-electron chi connectivity index (χ3n) is 5.46. The fourth-order valence-electron chi connectivity index (χ4n) is 3.66. The highest BCUT2D eigenvalue weighted by atomic mass is 19.4. The first-order valence-corrected chi connectivity index (χ1v) is 10.4. The van der Waals surface area contributed by atoms with Crippen LogP contribution in [0.1, 0.15) is 35.8 Å². The van der Waals surface area contributed by atoms with Gasteiger partial charge in [-0.3, -0.25) is 19.7 Å². The van der Waals surface area contributed by atoms with Crippen LogP contribution >= 0.6 is 0 Å². The first-order valence-electron chi connectivity index (χ1n) is 10.4. The maximum atomic E-state index is 12.7. The van der Waals surface area contributed by atoms with E-state index < -0.39 is 23.2 Å². The van der Waals surface area contributed by atoms with Crippen molar-refractivity contribution in [2.75, 3.05) is 31.1 Å². The van der Waals surface area contributed by atoms with E-state index in [0.29, 0.717) is 37.4 Å². The lowest BCUT2D eigenvalue weighted by atomic mass is 10.1. The Morgan fingerprint density at radius 1 is 1.09 bits per heavy atom. The van der Waals surface area contributed by atoms with Crippen LogP contribution < -0.4 is 15.0 Å². The van der Waals surface area contributed by atoms with Gasteiger partial charge in [0.05, 0.1) is 11.0 Å². The Morgan fingerprint density at radius 2 is 1.71 bits per heavy atom. The third-order valence-corrected chi connectivity index (χ3v) is 5.46. The summed E-state index contributed by atoms with van der Waals surface area (Å²) in [5.41, 5.74) is 0.724. The zero-order chi connectivity index (χ0) is 25.0. The van der Waals surface area contributed by atoms with Gasteiger partial charge in [-0.2, -0.15) is 0 Å². The van der Waals surface area contributed by atoms with E-state index in [0.717, 1.165) is 12.1 Å². The van der Waals surface area contributed by atoms with Crippen LogP contribution in [0.25, 0.3) is 0 Å². The summed E-state index contributed by atoms with van der Waals surface area (Å²) in [5.74, 6) is -1.01. The van der Waals surface area contributed by atoms with Gasteiger partial charge in [0, 0.05) is 44.7 Å². The van der Waals surface area contributed by atoms with Crippen LogP contribution in [0.15, 0.2) is 42.5 Å². The van der Waals surface area contributed by atoms with Crippen LogP contribution in [0, 0.1) is 10.1 Å². The third kappa shape index (κ3) is 6.15. The predicted octanol–water partition coefficient (Wildman–Crippen LogP) is 3.65. The number of alkyl halides is 3. The van der Waals surface area contributed by atoms with Crippen molar-refractivity contribution in [3.63, 3.8) is 0 Å². The normalized spacial score (nSPS) is 15.0. The van der Waals surface area contributed by atoms with Crippen molar-refractivity contribution in [3.05, 3.63) is 63.7 Å². The average Bonchev–Trinajstić information content (AvgIpc) is 2.78. The highest BCUT2D eigenvalue weighted by molar-refractivity contribution is 5.96. The Labute approximate surface area is 193 Å². The number of carbonyl (C=O) groups is 2. The molecule has 2 aromatic rings. The summed E-state index contributed by atoms with van der Waals surface area (Å²) in [6.07, 6.45) is -4.80. The number of hydrogen-bond acceptors (Lipinski definition) is 6. The van der Waals surface area contributed by atoms with Gasteiger partial charge in [0.2, 0.25) is 5.91 Å². The van der Waals surface area contributed by atoms with Crippen molar-refractivity contribution >= 4 is 23.2 Å². The highest BCUT2D eigenvalue weighted by Crippen LogP contribution is 2.30. The highest BCUT2D eigenvalue weighted by Gasteiger charge is 2.31. The van der Waals surface area contributed by atoms with Crippen LogP contribution in [0.2, 0.25) is 0 Å². The molecule has 34 heavy (non-hydrogen) atoms. The zero-order valence-electron chi connectivity index (χ0n) is 18.5. The zero-order valence-corrected chi connectivity index (χ0v) is 18.5. The van der Waals surface area contributed by atoms with Gasteiger partial charge < -0.3 is 19.9 Å². The Kier molecular flexibility index (Phi) is 7.28. The second-order valence-corrected chi connectivity index (χ2v) is 7.77. The number of nitrogens with one attached hydrogen (secondary N) is 1. The molecule has 9 nitrogen and oxygen atoms in total. The van der Waals surface area contributed by atoms with Gasteiger partial charge in [0.25, 0.3) is 11.6 Å². The number of nitrogens with zero attached hydrogens (tertiary/aromatic N) is 3. The van der Waals surface area contributed by atoms with Crippen LogP contribution in [0.5, 0.6) is 5.75 Å². The molecule has 1 fully saturated rings. The monoisotopic (exact) mass is 480 g/mol. The Morgan fingerprint density at radius 3 is 2.24 bits per heavy atom. The largest absolute Gasteiger partial charge is 0.573 e. The Hall–Kier alpha value is -3.83. The molecule has 2 aromatic carbocycles. The molecule has 1 N–H and O–H groups in total. The van der Waals surface area contributed by atoms with E-state index in [1.165, 1.54) is 37.3 Å². The molecular formula is C22H23F3N4O5. The predicted molar refractivity (Wildman–Crippen MR) is 117 cm³/mol. The number of rotatable bonds is 6. The van der Waals surface area contributed by atoms with Crippen LogP contribution in [0.3, 0.4) is 0 Å². The summed E-state index contributed by atoms with van der Waals surface area (Å²) in [5, 5.41) is 14.4. The summed E-state index contributed by atoms with van der Waals surface area (Å²) in [6.45, 7) is 4.85. The molecule has 3 rings (SSSR count). The Balaban J connectivity index is 1.70. The lowest BCUT2D eigenvalue weighted by Crippen LogP contribution is -2.48. The van der Waals surface area contributed by atoms with Crippen molar-refractivity contribution in [2.45, 2.75) is 26.3 Å². The van der Waals surface area contributed by atoms with E-state index in [-0.39, 0.29) is 22.9 Å². The fourth-order valence-corrected chi connectivity index (χ4v) is 3.66. The van der Waals surface area contributed by atoms with Crippen molar-refractivity contribution in [3.8, 4) is 5.75 Å². The molecule has 2 amide bonds. The van der Waals surface area contributed by atoms with Crippen molar-refractivity contribution in [1.82, 2.24) is 10.2 Å². The summed E-state index contributed by atoms with van der Waals surface area (Å²) < 4.78 is 40.7. The minimum Gasteiger partial charge on any atom is -0.406 e.